The van der Waals surface area contributed by atoms with Crippen LogP contribution in [0.25, 0.3) is 0 Å². The number of thiocarbonyl (C=S) groups is 1. The second-order valence-corrected chi connectivity index (χ2v) is 11.1. The van der Waals surface area contributed by atoms with Gasteiger partial charge < -0.3 is 5.32 Å². The summed E-state index contributed by atoms with van der Waals surface area (Å²) in [6.45, 7) is 7.00. The number of anilines is 1. The lowest BCUT2D eigenvalue weighted by Crippen LogP contribution is -2.42. The van der Waals surface area contributed by atoms with E-state index in [2.05, 4.69) is 37.1 Å². The molecule has 0 spiro atoms. The molecule has 1 aliphatic heterocycles. The van der Waals surface area contributed by atoms with Gasteiger partial charge in [-0.2, -0.15) is 5.26 Å². The number of thioether (sulfide) groups is 1. The standard InChI is InChI=1S/C27H40N4S2/c1-4-21-11-8-6-7-9-13-23(16-20(3)15-21)30-27-31(25(5-2)19-33-27)26(32)29-24-14-10-12-22(17-24)18-28/h10,12,14,17,20-21,23,25H,4-9,11,13,15-16,19H2,1-3H3,(H,29,32). The highest BCUT2D eigenvalue weighted by molar-refractivity contribution is 8.14. The molecule has 0 aromatic heterocycles. The van der Waals surface area contributed by atoms with Gasteiger partial charge in [-0.3, -0.25) is 9.89 Å². The first-order chi connectivity index (χ1) is 16.0. The maximum Gasteiger partial charge on any atom is 0.179 e. The number of hydrogen-bond acceptors (Lipinski definition) is 4. The van der Waals surface area contributed by atoms with Crippen molar-refractivity contribution in [3.05, 3.63) is 29.8 Å². The summed E-state index contributed by atoms with van der Waals surface area (Å²) in [6, 6.07) is 10.5. The van der Waals surface area contributed by atoms with Crippen molar-refractivity contribution in [3.63, 3.8) is 0 Å². The number of nitrogens with zero attached hydrogens (tertiary/aromatic N) is 3. The second kappa shape index (κ2) is 13.3. The molecule has 3 rings (SSSR count). The molecule has 1 saturated heterocycles. The fourth-order valence-corrected chi connectivity index (χ4v) is 6.89. The Morgan fingerprint density at radius 1 is 1.18 bits per heavy atom. The van der Waals surface area contributed by atoms with Crippen LogP contribution in [0, 0.1) is 23.2 Å². The van der Waals surface area contributed by atoms with E-state index in [-0.39, 0.29) is 0 Å². The van der Waals surface area contributed by atoms with Gasteiger partial charge in [-0.25, -0.2) is 0 Å². The third kappa shape index (κ3) is 7.72. The van der Waals surface area contributed by atoms with Crippen molar-refractivity contribution in [2.75, 3.05) is 11.1 Å². The van der Waals surface area contributed by atoms with Gasteiger partial charge in [0.15, 0.2) is 10.3 Å². The van der Waals surface area contributed by atoms with Crippen LogP contribution in [0.5, 0.6) is 0 Å². The Hall–Kier alpha value is -1.58. The second-order valence-electron chi connectivity index (χ2n) is 9.77. The Balaban J connectivity index is 1.76. The van der Waals surface area contributed by atoms with Gasteiger partial charge in [0, 0.05) is 17.5 Å². The number of nitriles is 1. The van der Waals surface area contributed by atoms with E-state index in [1.165, 1.54) is 57.8 Å². The molecule has 1 N–H and O–H groups in total. The van der Waals surface area contributed by atoms with Crippen molar-refractivity contribution in [2.24, 2.45) is 16.8 Å². The lowest BCUT2D eigenvalue weighted by molar-refractivity contribution is 0.327. The van der Waals surface area contributed by atoms with Crippen molar-refractivity contribution in [1.29, 1.82) is 5.26 Å². The molecule has 4 unspecified atom stereocenters. The molecule has 1 aromatic carbocycles. The Labute approximate surface area is 210 Å². The van der Waals surface area contributed by atoms with E-state index in [4.69, 9.17) is 17.2 Å². The third-order valence-corrected chi connectivity index (χ3v) is 8.50. The molecule has 0 radical (unpaired) electrons. The maximum atomic E-state index is 9.22. The maximum absolute atomic E-state index is 9.22. The van der Waals surface area contributed by atoms with Crippen LogP contribution in [-0.2, 0) is 0 Å². The van der Waals surface area contributed by atoms with Crippen molar-refractivity contribution in [3.8, 4) is 6.07 Å². The molecule has 6 heteroatoms. The van der Waals surface area contributed by atoms with E-state index in [9.17, 15) is 5.26 Å². The molecule has 0 bridgehead atoms. The van der Waals surface area contributed by atoms with Crippen LogP contribution in [0.15, 0.2) is 29.3 Å². The number of rotatable bonds is 4. The summed E-state index contributed by atoms with van der Waals surface area (Å²) >= 11 is 7.71. The van der Waals surface area contributed by atoms with Crippen LogP contribution in [0.4, 0.5) is 5.69 Å². The van der Waals surface area contributed by atoms with E-state index < -0.39 is 0 Å². The molecule has 2 aliphatic rings. The molecule has 1 aliphatic carbocycles. The number of aliphatic imine (C=N–C) groups is 1. The van der Waals surface area contributed by atoms with Gasteiger partial charge in [-0.05, 0) is 67.9 Å². The van der Waals surface area contributed by atoms with Crippen LogP contribution in [0.2, 0.25) is 0 Å². The van der Waals surface area contributed by atoms with Crippen molar-refractivity contribution in [2.45, 2.75) is 97.1 Å². The normalized spacial score (nSPS) is 28.2. The molecule has 180 valence electrons. The monoisotopic (exact) mass is 484 g/mol. The third-order valence-electron chi connectivity index (χ3n) is 7.09. The smallest absolute Gasteiger partial charge is 0.179 e. The zero-order valence-electron chi connectivity index (χ0n) is 20.6. The minimum absolute atomic E-state index is 0.359. The van der Waals surface area contributed by atoms with Crippen LogP contribution in [0.1, 0.15) is 90.5 Å². The topological polar surface area (TPSA) is 51.4 Å². The minimum Gasteiger partial charge on any atom is -0.332 e. The van der Waals surface area contributed by atoms with E-state index in [1.807, 2.05) is 36.0 Å². The first-order valence-corrected chi connectivity index (χ1v) is 14.2. The first kappa shape index (κ1) is 26.0. The predicted octanol–water partition coefficient (Wildman–Crippen LogP) is 7.60. The largest absolute Gasteiger partial charge is 0.332 e. The average Bonchev–Trinajstić information content (AvgIpc) is 3.21. The van der Waals surface area contributed by atoms with Gasteiger partial charge in [0.25, 0.3) is 0 Å². The van der Waals surface area contributed by atoms with Gasteiger partial charge in [0.1, 0.15) is 0 Å². The fraction of sp³-hybridized carbons (Fsp3) is 0.667. The lowest BCUT2D eigenvalue weighted by Gasteiger charge is -2.28. The van der Waals surface area contributed by atoms with E-state index in [1.54, 1.807) is 0 Å². The molecule has 4 nitrogen and oxygen atoms in total. The highest BCUT2D eigenvalue weighted by Gasteiger charge is 2.33. The molecular weight excluding hydrogens is 444 g/mol. The molecule has 33 heavy (non-hydrogen) atoms. The fourth-order valence-electron chi connectivity index (χ4n) is 5.15. The van der Waals surface area contributed by atoms with Crippen LogP contribution >= 0.6 is 24.0 Å². The van der Waals surface area contributed by atoms with E-state index in [0.717, 1.165) is 28.9 Å². The zero-order chi connectivity index (χ0) is 23.6. The predicted molar refractivity (Wildman–Crippen MR) is 147 cm³/mol. The first-order valence-electron chi connectivity index (χ1n) is 12.8. The summed E-state index contributed by atoms with van der Waals surface area (Å²) in [4.78, 5) is 7.58. The van der Waals surface area contributed by atoms with Crippen molar-refractivity contribution >= 4 is 39.9 Å². The summed E-state index contributed by atoms with van der Waals surface area (Å²) in [7, 11) is 0. The number of benzene rings is 1. The van der Waals surface area contributed by atoms with E-state index in [0.29, 0.717) is 28.7 Å². The molecule has 1 aromatic rings. The molecule has 1 heterocycles. The zero-order valence-corrected chi connectivity index (χ0v) is 22.2. The Bertz CT molecular complexity index is 847. The molecular formula is C27H40N4S2. The summed E-state index contributed by atoms with van der Waals surface area (Å²) in [5.41, 5.74) is 1.50. The van der Waals surface area contributed by atoms with Gasteiger partial charge in [0.2, 0.25) is 0 Å². The Morgan fingerprint density at radius 2 is 1.97 bits per heavy atom. The molecule has 2 fully saturated rings. The molecule has 1 saturated carbocycles. The lowest BCUT2D eigenvalue weighted by atomic mass is 9.86. The molecule has 4 atom stereocenters. The number of amidine groups is 1. The summed E-state index contributed by atoms with van der Waals surface area (Å²) < 4.78 is 0. The number of hydrogen-bond donors (Lipinski definition) is 1. The van der Waals surface area contributed by atoms with Gasteiger partial charge >= 0.3 is 0 Å². The van der Waals surface area contributed by atoms with Crippen molar-refractivity contribution < 1.29 is 0 Å². The quantitative estimate of drug-likeness (QED) is 0.446. The van der Waals surface area contributed by atoms with Gasteiger partial charge in [0.05, 0.1) is 17.7 Å². The SMILES string of the molecule is CCC1CCCCCCC(N=C2SCC(CC)N2C(=S)Nc2cccc(C#N)c2)CC(C)C1. The van der Waals surface area contributed by atoms with Gasteiger partial charge in [-0.15, -0.1) is 0 Å². The summed E-state index contributed by atoms with van der Waals surface area (Å²) in [5.74, 6) is 2.60. The average molecular weight is 485 g/mol. The number of nitrogens with one attached hydrogen (secondary N) is 1. The van der Waals surface area contributed by atoms with Crippen LogP contribution in [-0.4, -0.2) is 33.0 Å². The van der Waals surface area contributed by atoms with Gasteiger partial charge in [-0.1, -0.05) is 77.1 Å². The highest BCUT2D eigenvalue weighted by atomic mass is 32.2. The Morgan fingerprint density at radius 3 is 2.70 bits per heavy atom. The van der Waals surface area contributed by atoms with Crippen LogP contribution in [0.3, 0.4) is 0 Å². The minimum atomic E-state index is 0.359. The highest BCUT2D eigenvalue weighted by Crippen LogP contribution is 2.32. The Kier molecular flexibility index (Phi) is 10.5. The summed E-state index contributed by atoms with van der Waals surface area (Å²) in [5, 5.41) is 14.4. The molecule has 0 amide bonds. The van der Waals surface area contributed by atoms with E-state index >= 15 is 0 Å². The van der Waals surface area contributed by atoms with Crippen molar-refractivity contribution in [1.82, 2.24) is 4.90 Å². The summed E-state index contributed by atoms with van der Waals surface area (Å²) in [6.07, 6.45) is 12.8. The van der Waals surface area contributed by atoms with Crippen LogP contribution < -0.4 is 5.32 Å².